The van der Waals surface area contributed by atoms with E-state index in [-0.39, 0.29) is 18.5 Å². The van der Waals surface area contributed by atoms with Gasteiger partial charge in [-0.1, -0.05) is 12.1 Å². The molecule has 0 saturated heterocycles. The van der Waals surface area contributed by atoms with E-state index in [1.807, 2.05) is 18.2 Å². The van der Waals surface area contributed by atoms with Crippen LogP contribution in [0.5, 0.6) is 11.5 Å². The van der Waals surface area contributed by atoms with Gasteiger partial charge in [-0.3, -0.25) is 4.90 Å². The molecule has 1 saturated carbocycles. The molecule has 2 aromatic carbocycles. The maximum atomic E-state index is 13.0. The van der Waals surface area contributed by atoms with Gasteiger partial charge < -0.3 is 19.7 Å². The van der Waals surface area contributed by atoms with Crippen LogP contribution in [0.15, 0.2) is 48.5 Å². The van der Waals surface area contributed by atoms with Crippen LogP contribution in [0.3, 0.4) is 0 Å². The molecule has 2 aromatic rings. The van der Waals surface area contributed by atoms with Gasteiger partial charge in [-0.15, -0.1) is 0 Å². The molecule has 0 aromatic heterocycles. The SMILES string of the molecule is COc1cccc(CN(CC(O)COc2ccc(F)cc2)C2CCC(O)CC2)c1. The van der Waals surface area contributed by atoms with E-state index >= 15 is 0 Å². The number of rotatable bonds is 9. The molecule has 1 aliphatic rings. The van der Waals surface area contributed by atoms with Gasteiger partial charge >= 0.3 is 0 Å². The Morgan fingerprint density at radius 3 is 2.48 bits per heavy atom. The summed E-state index contributed by atoms with van der Waals surface area (Å²) in [6, 6.07) is 14.0. The van der Waals surface area contributed by atoms with Gasteiger partial charge in [0.1, 0.15) is 30.0 Å². The predicted octanol–water partition coefficient (Wildman–Crippen LogP) is 3.38. The molecule has 2 N–H and O–H groups in total. The van der Waals surface area contributed by atoms with Crippen molar-refractivity contribution in [1.29, 1.82) is 0 Å². The molecular formula is C23H30FNO4. The summed E-state index contributed by atoms with van der Waals surface area (Å²) in [5.74, 6) is 1.02. The minimum atomic E-state index is -0.683. The first-order chi connectivity index (χ1) is 14.0. The minimum Gasteiger partial charge on any atom is -0.497 e. The molecule has 5 nitrogen and oxygen atoms in total. The summed E-state index contributed by atoms with van der Waals surface area (Å²) in [6.07, 6.45) is 2.45. The minimum absolute atomic E-state index is 0.135. The van der Waals surface area contributed by atoms with Gasteiger partial charge in [-0.05, 0) is 67.6 Å². The fourth-order valence-electron chi connectivity index (χ4n) is 3.82. The summed E-state index contributed by atoms with van der Waals surface area (Å²) >= 11 is 0. The molecule has 29 heavy (non-hydrogen) atoms. The molecule has 6 heteroatoms. The lowest BCUT2D eigenvalue weighted by Crippen LogP contribution is -2.44. The molecule has 3 rings (SSSR count). The Labute approximate surface area is 171 Å². The second kappa shape index (κ2) is 10.6. The lowest BCUT2D eigenvalue weighted by atomic mass is 9.91. The van der Waals surface area contributed by atoms with Gasteiger partial charge in [-0.25, -0.2) is 4.39 Å². The van der Waals surface area contributed by atoms with Gasteiger partial charge in [-0.2, -0.15) is 0 Å². The Balaban J connectivity index is 1.62. The molecule has 0 aliphatic heterocycles. The highest BCUT2D eigenvalue weighted by molar-refractivity contribution is 5.28. The number of benzene rings is 2. The Kier molecular flexibility index (Phi) is 7.86. The zero-order valence-corrected chi connectivity index (χ0v) is 16.8. The van der Waals surface area contributed by atoms with Crippen LogP contribution in [-0.2, 0) is 6.54 Å². The fraction of sp³-hybridized carbons (Fsp3) is 0.478. The van der Waals surface area contributed by atoms with E-state index in [9.17, 15) is 14.6 Å². The van der Waals surface area contributed by atoms with E-state index in [2.05, 4.69) is 11.0 Å². The third-order valence-corrected chi connectivity index (χ3v) is 5.40. The zero-order chi connectivity index (χ0) is 20.6. The molecule has 0 amide bonds. The fourth-order valence-corrected chi connectivity index (χ4v) is 3.82. The van der Waals surface area contributed by atoms with Crippen molar-refractivity contribution in [1.82, 2.24) is 4.90 Å². The molecule has 1 unspecified atom stereocenters. The van der Waals surface area contributed by atoms with Crippen LogP contribution in [0.4, 0.5) is 4.39 Å². The van der Waals surface area contributed by atoms with Gasteiger partial charge in [0.15, 0.2) is 0 Å². The predicted molar refractivity (Wildman–Crippen MR) is 110 cm³/mol. The Morgan fingerprint density at radius 1 is 1.07 bits per heavy atom. The molecule has 1 fully saturated rings. The van der Waals surface area contributed by atoms with Crippen molar-refractivity contribution in [2.45, 2.75) is 50.5 Å². The maximum Gasteiger partial charge on any atom is 0.123 e. The maximum absolute atomic E-state index is 13.0. The summed E-state index contributed by atoms with van der Waals surface area (Å²) in [4.78, 5) is 2.26. The number of halogens is 1. The van der Waals surface area contributed by atoms with Crippen molar-refractivity contribution >= 4 is 0 Å². The van der Waals surface area contributed by atoms with Crippen LogP contribution in [0, 0.1) is 5.82 Å². The molecule has 0 radical (unpaired) electrons. The van der Waals surface area contributed by atoms with Crippen molar-refractivity contribution in [3.8, 4) is 11.5 Å². The van der Waals surface area contributed by atoms with E-state index in [0.717, 1.165) is 37.0 Å². The number of ether oxygens (including phenoxy) is 2. The second-order valence-corrected chi connectivity index (χ2v) is 7.66. The average molecular weight is 403 g/mol. The Hall–Kier alpha value is -2.15. The third kappa shape index (κ3) is 6.70. The first-order valence-electron chi connectivity index (χ1n) is 10.1. The van der Waals surface area contributed by atoms with Crippen molar-refractivity contribution in [3.63, 3.8) is 0 Å². The first kappa shape index (κ1) is 21.6. The lowest BCUT2D eigenvalue weighted by molar-refractivity contribution is 0.0232. The van der Waals surface area contributed by atoms with Crippen LogP contribution >= 0.6 is 0 Å². The van der Waals surface area contributed by atoms with E-state index in [0.29, 0.717) is 24.9 Å². The van der Waals surface area contributed by atoms with Crippen LogP contribution in [0.2, 0.25) is 0 Å². The van der Waals surface area contributed by atoms with Crippen LogP contribution < -0.4 is 9.47 Å². The van der Waals surface area contributed by atoms with Crippen molar-refractivity contribution in [2.75, 3.05) is 20.3 Å². The number of hydrogen-bond acceptors (Lipinski definition) is 5. The molecular weight excluding hydrogens is 373 g/mol. The molecule has 0 bridgehead atoms. The van der Waals surface area contributed by atoms with Crippen LogP contribution in [0.1, 0.15) is 31.2 Å². The normalized spacial score (nSPS) is 20.4. The van der Waals surface area contributed by atoms with Crippen LogP contribution in [-0.4, -0.2) is 53.6 Å². The quantitative estimate of drug-likeness (QED) is 0.672. The molecule has 158 valence electrons. The molecule has 0 spiro atoms. The summed E-state index contributed by atoms with van der Waals surface area (Å²) in [5.41, 5.74) is 1.11. The zero-order valence-electron chi connectivity index (χ0n) is 16.8. The molecule has 1 aliphatic carbocycles. The van der Waals surface area contributed by atoms with Gasteiger partial charge in [0, 0.05) is 19.1 Å². The van der Waals surface area contributed by atoms with E-state index in [1.165, 1.54) is 12.1 Å². The third-order valence-electron chi connectivity index (χ3n) is 5.40. The first-order valence-corrected chi connectivity index (χ1v) is 10.1. The van der Waals surface area contributed by atoms with Gasteiger partial charge in [0.25, 0.3) is 0 Å². The summed E-state index contributed by atoms with van der Waals surface area (Å²) < 4.78 is 24.0. The monoisotopic (exact) mass is 403 g/mol. The number of aliphatic hydroxyl groups is 2. The van der Waals surface area contributed by atoms with Gasteiger partial charge in [0.05, 0.1) is 13.2 Å². The van der Waals surface area contributed by atoms with Crippen molar-refractivity contribution in [3.05, 3.63) is 59.9 Å². The van der Waals surface area contributed by atoms with Crippen molar-refractivity contribution < 1.29 is 24.1 Å². The largest absolute Gasteiger partial charge is 0.497 e. The highest BCUT2D eigenvalue weighted by Crippen LogP contribution is 2.26. The number of aliphatic hydroxyl groups excluding tert-OH is 2. The summed E-state index contributed by atoms with van der Waals surface area (Å²) in [6.45, 7) is 1.28. The summed E-state index contributed by atoms with van der Waals surface area (Å²) in [7, 11) is 1.65. The topological polar surface area (TPSA) is 62.2 Å². The van der Waals surface area contributed by atoms with E-state index in [1.54, 1.807) is 19.2 Å². The highest BCUT2D eigenvalue weighted by Gasteiger charge is 2.26. The molecule has 0 heterocycles. The lowest BCUT2D eigenvalue weighted by Gasteiger charge is -2.37. The number of nitrogens with zero attached hydrogens (tertiary/aromatic N) is 1. The summed E-state index contributed by atoms with van der Waals surface area (Å²) in [5, 5.41) is 20.4. The number of methoxy groups -OCH3 is 1. The second-order valence-electron chi connectivity index (χ2n) is 7.66. The van der Waals surface area contributed by atoms with Crippen LogP contribution in [0.25, 0.3) is 0 Å². The van der Waals surface area contributed by atoms with E-state index in [4.69, 9.17) is 9.47 Å². The smallest absolute Gasteiger partial charge is 0.123 e. The van der Waals surface area contributed by atoms with E-state index < -0.39 is 6.10 Å². The van der Waals surface area contributed by atoms with Crippen molar-refractivity contribution in [2.24, 2.45) is 0 Å². The number of hydrogen-bond donors (Lipinski definition) is 2. The highest BCUT2D eigenvalue weighted by atomic mass is 19.1. The Bertz CT molecular complexity index is 747. The molecule has 1 atom stereocenters. The standard InChI is InChI=1S/C23H30FNO4/c1-28-23-4-2-3-17(13-23)14-25(19-7-9-20(26)10-8-19)15-21(27)16-29-22-11-5-18(24)6-12-22/h2-6,11-13,19-21,26-27H,7-10,14-16H2,1H3. The van der Waals surface area contributed by atoms with Gasteiger partial charge in [0.2, 0.25) is 0 Å². The Morgan fingerprint density at radius 2 is 1.79 bits per heavy atom. The average Bonchev–Trinajstić information content (AvgIpc) is 2.73.